The summed E-state index contributed by atoms with van der Waals surface area (Å²) in [4.78, 5) is 60.5. The van der Waals surface area contributed by atoms with Crippen LogP contribution in [0.15, 0.2) is 4.99 Å². The first-order valence-electron chi connectivity index (χ1n) is 11.7. The van der Waals surface area contributed by atoms with Crippen LogP contribution in [-0.4, -0.2) is 101 Å². The highest BCUT2D eigenvalue weighted by atomic mass is 16.4. The number of carbonyl (C=O) groups is 5. The van der Waals surface area contributed by atoms with Gasteiger partial charge < -0.3 is 42.3 Å². The van der Waals surface area contributed by atoms with Crippen molar-refractivity contribution in [1.82, 2.24) is 9.80 Å². The molecule has 0 rings (SSSR count). The molecule has 2 amide bonds. The number of aliphatic carboxylic acids is 3. The number of hydrogen-bond donors (Lipinski definition) is 6. The molecule has 0 bridgehead atoms. The third-order valence-corrected chi connectivity index (χ3v) is 4.91. The highest BCUT2D eigenvalue weighted by molar-refractivity contribution is 5.81. The average Bonchev–Trinajstić information content (AvgIpc) is 2.77. The highest BCUT2D eigenvalue weighted by Gasteiger charge is 2.12. The molecule has 0 heterocycles. The molecule has 36 heavy (non-hydrogen) atoms. The Bertz CT molecular complexity index is 687. The van der Waals surface area contributed by atoms with E-state index in [1.165, 1.54) is 23.9 Å². The second kappa shape index (κ2) is 20.9. The summed E-state index contributed by atoms with van der Waals surface area (Å²) in [5.41, 5.74) is 15.3. The Kier molecular flexibility index (Phi) is 20.2. The number of likely N-dealkylation sites (N-methyl/N-ethyl adjacent to an activating group) is 2. The van der Waals surface area contributed by atoms with Crippen LogP contribution in [0.4, 0.5) is 0 Å². The lowest BCUT2D eigenvalue weighted by Gasteiger charge is -2.14. The molecule has 14 nitrogen and oxygen atoms in total. The summed E-state index contributed by atoms with van der Waals surface area (Å²) in [6.07, 6.45) is 6.79. The summed E-state index contributed by atoms with van der Waals surface area (Å²) >= 11 is 0. The van der Waals surface area contributed by atoms with Crippen molar-refractivity contribution in [1.29, 1.82) is 0 Å². The van der Waals surface area contributed by atoms with Gasteiger partial charge in [-0.1, -0.05) is 25.7 Å². The molecular formula is C22H42N6O8. The summed E-state index contributed by atoms with van der Waals surface area (Å²) in [7, 11) is 2.96. The lowest BCUT2D eigenvalue weighted by atomic mass is 10.1. The van der Waals surface area contributed by atoms with E-state index in [-0.39, 0.29) is 30.9 Å². The van der Waals surface area contributed by atoms with Crippen molar-refractivity contribution >= 4 is 35.7 Å². The summed E-state index contributed by atoms with van der Waals surface area (Å²) in [5.74, 6) is -3.35. The van der Waals surface area contributed by atoms with Gasteiger partial charge in [-0.2, -0.15) is 0 Å². The van der Waals surface area contributed by atoms with Gasteiger partial charge in [-0.25, -0.2) is 0 Å². The number of carboxylic acids is 3. The van der Waals surface area contributed by atoms with Crippen molar-refractivity contribution in [2.75, 3.05) is 33.7 Å². The number of unbranched alkanes of at least 4 members (excludes halogenated alkanes) is 5. The maximum atomic E-state index is 11.6. The minimum atomic E-state index is -1.02. The Morgan fingerprint density at radius 1 is 0.722 bits per heavy atom. The van der Waals surface area contributed by atoms with Gasteiger partial charge in [0.1, 0.15) is 19.1 Å². The molecule has 0 aliphatic carbocycles. The van der Waals surface area contributed by atoms with E-state index in [1.807, 2.05) is 0 Å². The summed E-state index contributed by atoms with van der Waals surface area (Å²) in [5, 5.41) is 25.6. The Hall–Kier alpha value is -3.42. The monoisotopic (exact) mass is 518 g/mol. The third-order valence-electron chi connectivity index (χ3n) is 4.91. The zero-order chi connectivity index (χ0) is 28.1. The Balaban J connectivity index is 0. The second-order valence-corrected chi connectivity index (χ2v) is 8.30. The van der Waals surface area contributed by atoms with Gasteiger partial charge >= 0.3 is 17.9 Å². The molecule has 0 aromatic carbocycles. The Morgan fingerprint density at radius 2 is 1.11 bits per heavy atom. The number of hydrogen-bond acceptors (Lipinski definition) is 7. The fourth-order valence-corrected chi connectivity index (χ4v) is 2.87. The van der Waals surface area contributed by atoms with Gasteiger partial charge in [-0.15, -0.1) is 0 Å². The van der Waals surface area contributed by atoms with Crippen molar-refractivity contribution in [2.24, 2.45) is 22.2 Å². The zero-order valence-electron chi connectivity index (χ0n) is 21.2. The second-order valence-electron chi connectivity index (χ2n) is 8.30. The molecule has 14 heteroatoms. The molecule has 0 unspecified atom stereocenters. The predicted molar refractivity (Wildman–Crippen MR) is 133 cm³/mol. The van der Waals surface area contributed by atoms with E-state index >= 15 is 0 Å². The summed E-state index contributed by atoms with van der Waals surface area (Å²) in [6.45, 7) is -0.129. The molecule has 0 aliphatic heterocycles. The molecule has 208 valence electrons. The standard InChI is InChI=1S/C16H28N2O6.C6H14N4O2/c1-17(11-15(21)22)13(19)9-7-5-3-4-6-8-10-14(20)18(2)12-16(23)24;7-4(5(11)12)2-1-3-10-6(8)9/h3-12H2,1-2H3,(H,21,22)(H,23,24);4H,1-3,7H2,(H,11,12)(H4,8,9,10)/t;4-/m.0/s1. The zero-order valence-corrected chi connectivity index (χ0v) is 21.2. The topological polar surface area (TPSA) is 243 Å². The quantitative estimate of drug-likeness (QED) is 0.0777. The minimum absolute atomic E-state index is 0.0129. The van der Waals surface area contributed by atoms with Gasteiger partial charge in [0.05, 0.1) is 0 Å². The van der Waals surface area contributed by atoms with E-state index < -0.39 is 23.9 Å². The number of rotatable bonds is 18. The molecule has 0 saturated carbocycles. The molecule has 0 radical (unpaired) electrons. The normalized spacial score (nSPS) is 10.9. The Labute approximate surface area is 211 Å². The lowest BCUT2D eigenvalue weighted by Crippen LogP contribution is -2.31. The molecule has 0 aromatic heterocycles. The van der Waals surface area contributed by atoms with Gasteiger partial charge in [0.15, 0.2) is 5.96 Å². The van der Waals surface area contributed by atoms with E-state index in [0.29, 0.717) is 32.2 Å². The van der Waals surface area contributed by atoms with E-state index in [9.17, 15) is 24.0 Å². The fraction of sp³-hybridized carbons (Fsp3) is 0.727. The van der Waals surface area contributed by atoms with Crippen LogP contribution in [0.1, 0.15) is 64.2 Å². The third kappa shape index (κ3) is 22.4. The van der Waals surface area contributed by atoms with Crippen LogP contribution in [-0.2, 0) is 24.0 Å². The molecule has 0 aromatic rings. The van der Waals surface area contributed by atoms with Crippen molar-refractivity contribution in [3.05, 3.63) is 0 Å². The van der Waals surface area contributed by atoms with Crippen LogP contribution in [0.2, 0.25) is 0 Å². The first-order chi connectivity index (χ1) is 16.8. The predicted octanol–water partition coefficient (Wildman–Crippen LogP) is -0.355. The van der Waals surface area contributed by atoms with Crippen LogP contribution in [0.3, 0.4) is 0 Å². The van der Waals surface area contributed by atoms with Crippen molar-refractivity contribution < 1.29 is 39.3 Å². The molecule has 0 saturated heterocycles. The van der Waals surface area contributed by atoms with Gasteiger partial charge in [0, 0.05) is 33.5 Å². The average molecular weight is 519 g/mol. The van der Waals surface area contributed by atoms with Gasteiger partial charge in [0.25, 0.3) is 0 Å². The molecule has 0 fully saturated rings. The number of aliphatic imine (C=N–C) groups is 1. The number of guanidine groups is 1. The number of nitrogens with two attached hydrogens (primary N) is 3. The first-order valence-corrected chi connectivity index (χ1v) is 11.7. The number of carbonyl (C=O) groups excluding carboxylic acids is 2. The molecular weight excluding hydrogens is 476 g/mol. The smallest absolute Gasteiger partial charge is 0.323 e. The maximum absolute atomic E-state index is 11.6. The fourth-order valence-electron chi connectivity index (χ4n) is 2.87. The molecule has 1 atom stereocenters. The van der Waals surface area contributed by atoms with Gasteiger partial charge in [-0.05, 0) is 25.7 Å². The summed E-state index contributed by atoms with van der Waals surface area (Å²) in [6, 6.07) is -0.820. The van der Waals surface area contributed by atoms with Gasteiger partial charge in [-0.3, -0.25) is 29.0 Å². The number of nitrogens with zero attached hydrogens (tertiary/aromatic N) is 3. The van der Waals surface area contributed by atoms with Crippen LogP contribution in [0, 0.1) is 0 Å². The maximum Gasteiger partial charge on any atom is 0.323 e. The van der Waals surface area contributed by atoms with Crippen LogP contribution >= 0.6 is 0 Å². The lowest BCUT2D eigenvalue weighted by molar-refractivity contribution is -0.143. The van der Waals surface area contributed by atoms with Crippen molar-refractivity contribution in [3.8, 4) is 0 Å². The number of carboxylic acid groups (broad SMARTS) is 3. The largest absolute Gasteiger partial charge is 0.480 e. The first kappa shape index (κ1) is 34.7. The molecule has 0 aliphatic rings. The van der Waals surface area contributed by atoms with E-state index in [1.54, 1.807) is 0 Å². The van der Waals surface area contributed by atoms with Crippen molar-refractivity contribution in [2.45, 2.75) is 70.3 Å². The summed E-state index contributed by atoms with van der Waals surface area (Å²) < 4.78 is 0. The number of amides is 2. The van der Waals surface area contributed by atoms with Crippen LogP contribution in [0.25, 0.3) is 0 Å². The Morgan fingerprint density at radius 3 is 1.44 bits per heavy atom. The SMILES string of the molecule is CN(CC(=O)O)C(=O)CCCCCCCCC(=O)N(C)CC(=O)O.NC(N)=NCCC[C@H](N)C(=O)O. The molecule has 9 N–H and O–H groups in total. The van der Waals surface area contributed by atoms with E-state index in [0.717, 1.165) is 38.5 Å². The van der Waals surface area contributed by atoms with Crippen LogP contribution in [0.5, 0.6) is 0 Å². The van der Waals surface area contributed by atoms with E-state index in [4.69, 9.17) is 32.5 Å². The minimum Gasteiger partial charge on any atom is -0.480 e. The van der Waals surface area contributed by atoms with Crippen molar-refractivity contribution in [3.63, 3.8) is 0 Å². The van der Waals surface area contributed by atoms with Gasteiger partial charge in [0.2, 0.25) is 11.8 Å². The molecule has 0 spiro atoms. The van der Waals surface area contributed by atoms with Crippen LogP contribution < -0.4 is 17.2 Å². The van der Waals surface area contributed by atoms with E-state index in [2.05, 4.69) is 4.99 Å². The highest BCUT2D eigenvalue weighted by Crippen LogP contribution is 2.10.